The van der Waals surface area contributed by atoms with E-state index in [1.165, 1.54) is 0 Å². The van der Waals surface area contributed by atoms with E-state index in [0.717, 1.165) is 40.7 Å². The minimum absolute atomic E-state index is 0.0780. The Bertz CT molecular complexity index is 880. The molecule has 0 spiro atoms. The average Bonchev–Trinajstić information content (AvgIpc) is 3.23. The Morgan fingerprint density at radius 3 is 3.12 bits per heavy atom. The number of amides is 1. The molecule has 0 bridgehead atoms. The van der Waals surface area contributed by atoms with Crippen molar-refractivity contribution in [1.29, 1.82) is 0 Å². The fraction of sp³-hybridized carbons (Fsp3) is 0.333. The Hall–Kier alpha value is -2.60. The van der Waals surface area contributed by atoms with Gasteiger partial charge in [-0.1, -0.05) is 18.2 Å². The van der Waals surface area contributed by atoms with Crippen LogP contribution in [0, 0.1) is 0 Å². The van der Waals surface area contributed by atoms with Crippen molar-refractivity contribution in [3.05, 3.63) is 53.5 Å². The number of carbonyl (C=O) groups is 1. The van der Waals surface area contributed by atoms with Gasteiger partial charge in [0.25, 0.3) is 5.91 Å². The largest absolute Gasteiger partial charge is 0.383 e. The monoisotopic (exact) mass is 324 g/mol. The number of aromatic amines is 1. The summed E-state index contributed by atoms with van der Waals surface area (Å²) in [7, 11) is 1.69. The lowest BCUT2D eigenvalue weighted by atomic mass is 10.1. The van der Waals surface area contributed by atoms with Crippen LogP contribution in [-0.4, -0.2) is 45.8 Å². The highest BCUT2D eigenvalue weighted by Crippen LogP contribution is 2.25. The molecule has 0 fully saturated rings. The quantitative estimate of drug-likeness (QED) is 0.800. The van der Waals surface area contributed by atoms with E-state index in [9.17, 15) is 4.79 Å². The molecule has 24 heavy (non-hydrogen) atoms. The zero-order valence-corrected chi connectivity index (χ0v) is 13.7. The van der Waals surface area contributed by atoms with Crippen molar-refractivity contribution in [2.75, 3.05) is 20.3 Å². The highest BCUT2D eigenvalue weighted by molar-refractivity contribution is 6.07. The summed E-state index contributed by atoms with van der Waals surface area (Å²) in [5.41, 5.74) is 4.08. The average molecular weight is 324 g/mol. The van der Waals surface area contributed by atoms with Crippen LogP contribution in [-0.2, 0) is 24.2 Å². The van der Waals surface area contributed by atoms with Crippen molar-refractivity contribution in [3.63, 3.8) is 0 Å². The molecule has 0 radical (unpaired) electrons. The number of benzene rings is 1. The summed E-state index contributed by atoms with van der Waals surface area (Å²) >= 11 is 0. The van der Waals surface area contributed by atoms with E-state index in [1.54, 1.807) is 7.11 Å². The first-order valence-electron chi connectivity index (χ1n) is 8.15. The maximum absolute atomic E-state index is 13.1. The first-order valence-corrected chi connectivity index (χ1v) is 8.15. The summed E-state index contributed by atoms with van der Waals surface area (Å²) in [5.74, 6) is 0.0780. The van der Waals surface area contributed by atoms with E-state index < -0.39 is 0 Å². The van der Waals surface area contributed by atoms with Gasteiger partial charge in [-0.05, 0) is 6.07 Å². The number of carbonyl (C=O) groups excluding carboxylic acids is 1. The van der Waals surface area contributed by atoms with Crippen molar-refractivity contribution in [1.82, 2.24) is 19.7 Å². The third-order valence-electron chi connectivity index (χ3n) is 4.64. The molecule has 0 aliphatic carbocycles. The number of aromatic nitrogens is 3. The molecule has 2 aromatic heterocycles. The fourth-order valence-electron chi connectivity index (χ4n) is 3.36. The number of para-hydroxylation sites is 1. The summed E-state index contributed by atoms with van der Waals surface area (Å²) in [6.07, 6.45) is 4.59. The first kappa shape index (κ1) is 15.0. The number of methoxy groups -OCH3 is 1. The van der Waals surface area contributed by atoms with Gasteiger partial charge in [0.2, 0.25) is 0 Å². The maximum atomic E-state index is 13.1. The Kier molecular flexibility index (Phi) is 3.82. The molecule has 6 heteroatoms. The molecule has 1 aliphatic rings. The number of H-pyrrole nitrogens is 1. The molecule has 1 aromatic carbocycles. The Labute approximate surface area is 140 Å². The lowest BCUT2D eigenvalue weighted by Crippen LogP contribution is -2.35. The third kappa shape index (κ3) is 2.49. The molecule has 1 N–H and O–H groups in total. The number of nitrogens with one attached hydrogen (secondary N) is 1. The Morgan fingerprint density at radius 1 is 1.38 bits per heavy atom. The fourth-order valence-corrected chi connectivity index (χ4v) is 3.36. The van der Waals surface area contributed by atoms with Gasteiger partial charge in [-0.2, -0.15) is 5.10 Å². The van der Waals surface area contributed by atoms with Crippen LogP contribution in [0.25, 0.3) is 10.9 Å². The minimum Gasteiger partial charge on any atom is -0.383 e. The molecule has 1 aliphatic heterocycles. The van der Waals surface area contributed by atoms with Gasteiger partial charge in [-0.3, -0.25) is 9.89 Å². The molecule has 4 rings (SSSR count). The molecule has 0 saturated carbocycles. The van der Waals surface area contributed by atoms with Gasteiger partial charge in [-0.15, -0.1) is 0 Å². The van der Waals surface area contributed by atoms with Crippen LogP contribution in [0.2, 0.25) is 0 Å². The van der Waals surface area contributed by atoms with Crippen LogP contribution in [0.1, 0.15) is 21.6 Å². The van der Waals surface area contributed by atoms with Gasteiger partial charge in [0, 0.05) is 61.5 Å². The van der Waals surface area contributed by atoms with Gasteiger partial charge in [0.15, 0.2) is 0 Å². The predicted octanol–water partition coefficient (Wildman–Crippen LogP) is 2.21. The van der Waals surface area contributed by atoms with Gasteiger partial charge < -0.3 is 14.2 Å². The first-order chi connectivity index (χ1) is 11.8. The summed E-state index contributed by atoms with van der Waals surface area (Å²) in [5, 5.41) is 8.08. The van der Waals surface area contributed by atoms with Crippen molar-refractivity contribution in [3.8, 4) is 0 Å². The summed E-state index contributed by atoms with van der Waals surface area (Å²) in [4.78, 5) is 15.0. The molecule has 1 amide bonds. The van der Waals surface area contributed by atoms with E-state index in [2.05, 4.69) is 14.8 Å². The Morgan fingerprint density at radius 2 is 2.25 bits per heavy atom. The van der Waals surface area contributed by atoms with Crippen LogP contribution in [0.3, 0.4) is 0 Å². The molecule has 3 aromatic rings. The molecule has 3 heterocycles. The predicted molar refractivity (Wildman–Crippen MR) is 90.8 cm³/mol. The van der Waals surface area contributed by atoms with Gasteiger partial charge in [-0.25, -0.2) is 0 Å². The third-order valence-corrected chi connectivity index (χ3v) is 4.64. The van der Waals surface area contributed by atoms with Crippen LogP contribution in [0.4, 0.5) is 0 Å². The summed E-state index contributed by atoms with van der Waals surface area (Å²) in [6, 6.07) is 8.04. The van der Waals surface area contributed by atoms with E-state index in [4.69, 9.17) is 4.74 Å². The number of nitrogens with zero attached hydrogens (tertiary/aromatic N) is 3. The van der Waals surface area contributed by atoms with Crippen molar-refractivity contribution >= 4 is 16.8 Å². The van der Waals surface area contributed by atoms with Crippen molar-refractivity contribution < 1.29 is 9.53 Å². The van der Waals surface area contributed by atoms with Crippen molar-refractivity contribution in [2.24, 2.45) is 0 Å². The highest BCUT2D eigenvalue weighted by Gasteiger charge is 2.25. The second kappa shape index (κ2) is 6.13. The molecule has 6 nitrogen and oxygen atoms in total. The van der Waals surface area contributed by atoms with Gasteiger partial charge in [0.1, 0.15) is 0 Å². The van der Waals surface area contributed by atoms with Crippen LogP contribution in [0.5, 0.6) is 0 Å². The molecule has 0 unspecified atom stereocenters. The van der Waals surface area contributed by atoms with Gasteiger partial charge in [0.05, 0.1) is 18.4 Å². The SMILES string of the molecule is COCCn1cc(C(=O)N2CCc3[nH]ncc3C2)c2ccccc21. The van der Waals surface area contributed by atoms with E-state index in [1.807, 2.05) is 41.6 Å². The summed E-state index contributed by atoms with van der Waals surface area (Å²) < 4.78 is 7.28. The summed E-state index contributed by atoms with van der Waals surface area (Å²) in [6.45, 7) is 2.68. The molecule has 124 valence electrons. The van der Waals surface area contributed by atoms with Crippen LogP contribution >= 0.6 is 0 Å². The van der Waals surface area contributed by atoms with E-state index in [-0.39, 0.29) is 5.91 Å². The number of hydrogen-bond donors (Lipinski definition) is 1. The topological polar surface area (TPSA) is 63.1 Å². The second-order valence-electron chi connectivity index (χ2n) is 6.10. The number of hydrogen-bond acceptors (Lipinski definition) is 3. The lowest BCUT2D eigenvalue weighted by molar-refractivity contribution is 0.0736. The molecule has 0 atom stereocenters. The lowest BCUT2D eigenvalue weighted by Gasteiger charge is -2.26. The molecular formula is C18H20N4O2. The second-order valence-corrected chi connectivity index (χ2v) is 6.10. The van der Waals surface area contributed by atoms with E-state index in [0.29, 0.717) is 19.7 Å². The zero-order chi connectivity index (χ0) is 16.5. The van der Waals surface area contributed by atoms with Crippen LogP contribution < -0.4 is 0 Å². The zero-order valence-electron chi connectivity index (χ0n) is 13.7. The number of fused-ring (bicyclic) bond motifs is 2. The molecular weight excluding hydrogens is 304 g/mol. The smallest absolute Gasteiger partial charge is 0.256 e. The van der Waals surface area contributed by atoms with Crippen LogP contribution in [0.15, 0.2) is 36.7 Å². The van der Waals surface area contributed by atoms with E-state index >= 15 is 0 Å². The molecule has 0 saturated heterocycles. The standard InChI is InChI=1S/C18H20N4O2/c1-24-9-8-21-12-15(14-4-2-3-5-17(14)21)18(23)22-7-6-16-13(11-22)10-19-20-16/h2-5,10,12H,6-9,11H2,1H3,(H,19,20). The Balaban J connectivity index is 1.67. The van der Waals surface area contributed by atoms with Crippen molar-refractivity contribution in [2.45, 2.75) is 19.5 Å². The normalized spacial score (nSPS) is 14.1. The highest BCUT2D eigenvalue weighted by atomic mass is 16.5. The van der Waals surface area contributed by atoms with Gasteiger partial charge >= 0.3 is 0 Å². The maximum Gasteiger partial charge on any atom is 0.256 e. The minimum atomic E-state index is 0.0780. The number of rotatable bonds is 4. The number of ether oxygens (including phenoxy) is 1.